The zero-order valence-corrected chi connectivity index (χ0v) is 18.8. The molecule has 0 aromatic heterocycles. The number of fused-ring (bicyclic) bond motifs is 3. The average molecular weight is 436 g/mol. The van der Waals surface area contributed by atoms with Gasteiger partial charge in [0.1, 0.15) is 22.4 Å². The van der Waals surface area contributed by atoms with Gasteiger partial charge in [-0.25, -0.2) is 0 Å². The van der Waals surface area contributed by atoms with Gasteiger partial charge in [-0.2, -0.15) is 0 Å². The highest BCUT2D eigenvalue weighted by atomic mass is 16.5. The van der Waals surface area contributed by atoms with Crippen LogP contribution >= 0.6 is 0 Å². The van der Waals surface area contributed by atoms with Crippen LogP contribution < -0.4 is 15.8 Å². The summed E-state index contributed by atoms with van der Waals surface area (Å²) in [6, 6.07) is 3.39. The molecule has 0 radical (unpaired) electrons. The number of nitrogens with zero attached hydrogens (tertiary/aromatic N) is 1. The van der Waals surface area contributed by atoms with Crippen LogP contribution in [0, 0.1) is 5.92 Å². The Morgan fingerprint density at radius 2 is 2.09 bits per heavy atom. The molecule has 1 aromatic rings. The van der Waals surface area contributed by atoms with Crippen molar-refractivity contribution in [3.63, 3.8) is 0 Å². The number of ketones is 1. The molecule has 5 heterocycles. The molecule has 32 heavy (non-hydrogen) atoms. The van der Waals surface area contributed by atoms with E-state index >= 15 is 0 Å². The molecule has 3 atom stereocenters. The van der Waals surface area contributed by atoms with Crippen LogP contribution in [0.5, 0.6) is 5.75 Å². The molecule has 0 unspecified atom stereocenters. The summed E-state index contributed by atoms with van der Waals surface area (Å²) in [5.41, 5.74) is 5.92. The molecule has 2 amide bonds. The summed E-state index contributed by atoms with van der Waals surface area (Å²) in [5, 5.41) is 2.97. The van der Waals surface area contributed by atoms with Gasteiger partial charge in [0.25, 0.3) is 0 Å². The lowest BCUT2D eigenvalue weighted by Crippen LogP contribution is -2.81. The number of piperazine rings is 1. The summed E-state index contributed by atoms with van der Waals surface area (Å²) in [4.78, 5) is 42.0. The minimum absolute atomic E-state index is 0.152. The highest BCUT2D eigenvalue weighted by Gasteiger charge is 2.69. The van der Waals surface area contributed by atoms with E-state index in [9.17, 15) is 14.4 Å². The third-order valence-electron chi connectivity index (χ3n) is 7.62. The Kier molecular flexibility index (Phi) is 4.20. The summed E-state index contributed by atoms with van der Waals surface area (Å²) < 4.78 is 5.95. The number of benzene rings is 1. The van der Waals surface area contributed by atoms with Crippen molar-refractivity contribution in [2.75, 3.05) is 12.3 Å². The molecule has 2 bridgehead atoms. The standard InChI is InChI=1S/C25H29N3O4/c1-14(2)17-12-24-9-5-11-28(24)22(31)25(17,27-21(24)30)13-18(29)15-6-7-19-16(20(15)26)8-10-23(3,4)32-19/h6-8,10,17H,1,5,9,11-13,26H2,2-4H3,(H,27,30)/t17-,24-,25-/m0/s1. The second-order valence-electron chi connectivity index (χ2n) is 10.2. The minimum atomic E-state index is -1.32. The first-order valence-corrected chi connectivity index (χ1v) is 11.1. The van der Waals surface area contributed by atoms with Crippen LogP contribution in [0.25, 0.3) is 6.08 Å². The van der Waals surface area contributed by atoms with Gasteiger partial charge in [0.05, 0.1) is 5.69 Å². The third kappa shape index (κ3) is 2.63. The molecule has 4 saturated heterocycles. The van der Waals surface area contributed by atoms with Crippen molar-refractivity contribution < 1.29 is 19.1 Å². The molecule has 0 aliphatic carbocycles. The quantitative estimate of drug-likeness (QED) is 0.430. The molecule has 5 aliphatic heterocycles. The zero-order valence-electron chi connectivity index (χ0n) is 18.8. The number of rotatable bonds is 4. The summed E-state index contributed by atoms with van der Waals surface area (Å²) in [6.07, 6.45) is 5.56. The molecule has 1 spiro atoms. The lowest BCUT2D eigenvalue weighted by Gasteiger charge is -2.59. The average Bonchev–Trinajstić information content (AvgIpc) is 3.14. The maximum atomic E-state index is 13.7. The number of nitrogens with one attached hydrogen (secondary N) is 1. The van der Waals surface area contributed by atoms with E-state index in [1.54, 1.807) is 17.0 Å². The minimum Gasteiger partial charge on any atom is -0.483 e. The summed E-state index contributed by atoms with van der Waals surface area (Å²) in [6.45, 7) is 10.4. The summed E-state index contributed by atoms with van der Waals surface area (Å²) in [7, 11) is 0. The molecular weight excluding hydrogens is 406 g/mol. The largest absolute Gasteiger partial charge is 0.483 e. The fourth-order valence-electron chi connectivity index (χ4n) is 5.99. The third-order valence-corrected chi connectivity index (χ3v) is 7.62. The molecule has 4 fully saturated rings. The number of nitrogens with two attached hydrogens (primary N) is 1. The normalized spacial score (nSPS) is 31.6. The van der Waals surface area contributed by atoms with Crippen LogP contribution in [0.15, 0.2) is 30.4 Å². The zero-order chi connectivity index (χ0) is 23.1. The first-order chi connectivity index (χ1) is 15.0. The molecule has 3 N–H and O–H groups in total. The number of carbonyl (C=O) groups excluding carboxylic acids is 3. The van der Waals surface area contributed by atoms with Gasteiger partial charge in [-0.15, -0.1) is 0 Å². The van der Waals surface area contributed by atoms with Crippen LogP contribution in [-0.2, 0) is 9.59 Å². The van der Waals surface area contributed by atoms with Crippen LogP contribution in [0.1, 0.15) is 62.4 Å². The highest BCUT2D eigenvalue weighted by molar-refractivity contribution is 6.11. The lowest BCUT2D eigenvalue weighted by molar-refractivity contribution is -0.172. The second kappa shape index (κ2) is 6.47. The van der Waals surface area contributed by atoms with E-state index in [-0.39, 0.29) is 29.9 Å². The van der Waals surface area contributed by atoms with E-state index < -0.39 is 16.7 Å². The molecule has 5 aliphatic rings. The fourth-order valence-corrected chi connectivity index (χ4v) is 5.99. The van der Waals surface area contributed by atoms with Gasteiger partial charge in [0, 0.05) is 30.0 Å². The Morgan fingerprint density at radius 3 is 2.81 bits per heavy atom. The Hall–Kier alpha value is -3.09. The predicted octanol–water partition coefficient (Wildman–Crippen LogP) is 2.85. The van der Waals surface area contributed by atoms with Crippen molar-refractivity contribution in [2.45, 2.75) is 63.1 Å². The molecule has 1 aromatic carbocycles. The van der Waals surface area contributed by atoms with Crippen molar-refractivity contribution in [2.24, 2.45) is 5.92 Å². The lowest BCUT2D eigenvalue weighted by atomic mass is 9.61. The Bertz CT molecular complexity index is 1120. The van der Waals surface area contributed by atoms with E-state index in [2.05, 4.69) is 11.9 Å². The number of anilines is 1. The number of carbonyl (C=O) groups is 3. The Labute approximate surface area is 187 Å². The maximum Gasteiger partial charge on any atom is 0.250 e. The maximum absolute atomic E-state index is 13.7. The highest BCUT2D eigenvalue weighted by Crippen LogP contribution is 2.52. The molecule has 6 rings (SSSR count). The van der Waals surface area contributed by atoms with Crippen LogP contribution in [0.2, 0.25) is 0 Å². The number of nitrogen functional groups attached to an aromatic ring is 1. The number of hydrogen-bond donors (Lipinski definition) is 2. The van der Waals surface area contributed by atoms with Crippen molar-refractivity contribution in [3.05, 3.63) is 41.5 Å². The van der Waals surface area contributed by atoms with E-state index in [0.29, 0.717) is 42.0 Å². The van der Waals surface area contributed by atoms with Crippen LogP contribution in [0.4, 0.5) is 5.69 Å². The number of Topliss-reactive ketones (excluding diaryl/α,β-unsaturated/α-hetero) is 1. The monoisotopic (exact) mass is 435 g/mol. The summed E-state index contributed by atoms with van der Waals surface area (Å²) >= 11 is 0. The van der Waals surface area contributed by atoms with Gasteiger partial charge in [0.15, 0.2) is 5.78 Å². The fraction of sp³-hybridized carbons (Fsp3) is 0.480. The molecule has 0 saturated carbocycles. The van der Waals surface area contributed by atoms with Crippen molar-refractivity contribution in [1.82, 2.24) is 10.2 Å². The van der Waals surface area contributed by atoms with E-state index in [4.69, 9.17) is 10.5 Å². The van der Waals surface area contributed by atoms with Gasteiger partial charge in [-0.3, -0.25) is 14.4 Å². The van der Waals surface area contributed by atoms with Gasteiger partial charge in [-0.1, -0.05) is 12.2 Å². The second-order valence-corrected chi connectivity index (χ2v) is 10.2. The summed E-state index contributed by atoms with van der Waals surface area (Å²) in [5.74, 6) is -0.294. The molecule has 7 heteroatoms. The smallest absolute Gasteiger partial charge is 0.250 e. The van der Waals surface area contributed by atoms with Crippen molar-refractivity contribution in [1.29, 1.82) is 0 Å². The topological polar surface area (TPSA) is 102 Å². The van der Waals surface area contributed by atoms with E-state index in [0.717, 1.165) is 12.0 Å². The molecule has 168 valence electrons. The van der Waals surface area contributed by atoms with Crippen molar-refractivity contribution in [3.8, 4) is 5.75 Å². The SMILES string of the molecule is C=C(C)[C@@H]1C[C@]23CCCN2C(=O)[C@@]1(CC(=O)c1ccc2c(c1N)C=CC(C)(C)O2)NC3=O. The van der Waals surface area contributed by atoms with Gasteiger partial charge < -0.3 is 20.7 Å². The first kappa shape index (κ1) is 20.8. The molecular formula is C25H29N3O4. The van der Waals surface area contributed by atoms with Crippen molar-refractivity contribution >= 4 is 29.4 Å². The Balaban J connectivity index is 1.53. The number of hydrogen-bond acceptors (Lipinski definition) is 5. The number of ether oxygens (including phenoxy) is 1. The van der Waals surface area contributed by atoms with Gasteiger partial charge in [0.2, 0.25) is 11.8 Å². The van der Waals surface area contributed by atoms with E-state index in [1.807, 2.05) is 32.9 Å². The van der Waals surface area contributed by atoms with Gasteiger partial charge >= 0.3 is 0 Å². The molecule has 7 nitrogen and oxygen atoms in total. The van der Waals surface area contributed by atoms with Crippen LogP contribution in [0.3, 0.4) is 0 Å². The predicted molar refractivity (Wildman–Crippen MR) is 121 cm³/mol. The van der Waals surface area contributed by atoms with Gasteiger partial charge in [-0.05, 0) is 64.3 Å². The Morgan fingerprint density at radius 1 is 1.34 bits per heavy atom. The van der Waals surface area contributed by atoms with Crippen LogP contribution in [-0.4, -0.2) is 45.7 Å². The number of piperidine rings is 2. The van der Waals surface area contributed by atoms with E-state index in [1.165, 1.54) is 0 Å². The number of amides is 2. The first-order valence-electron chi connectivity index (χ1n) is 11.1.